The van der Waals surface area contributed by atoms with Crippen molar-refractivity contribution in [1.82, 2.24) is 0 Å². The Labute approximate surface area is 86.0 Å². The van der Waals surface area contributed by atoms with Crippen molar-refractivity contribution in [2.75, 3.05) is 7.11 Å². The van der Waals surface area contributed by atoms with E-state index in [4.69, 9.17) is 4.74 Å². The molecule has 0 aliphatic rings. The zero-order chi connectivity index (χ0) is 10.8. The number of ketones is 1. The number of allylic oxidation sites excluding steroid dienone is 5. The minimum absolute atomic E-state index is 0.239. The van der Waals surface area contributed by atoms with Crippen LogP contribution in [0.5, 0.6) is 0 Å². The summed E-state index contributed by atoms with van der Waals surface area (Å²) in [5.74, 6) is 0.995. The Kier molecular flexibility index (Phi) is 7.52. The van der Waals surface area contributed by atoms with Crippen molar-refractivity contribution in [3.05, 3.63) is 36.1 Å². The molecule has 0 aromatic rings. The van der Waals surface area contributed by atoms with E-state index in [2.05, 4.69) is 0 Å². The predicted molar refractivity (Wildman–Crippen MR) is 59.0 cm³/mol. The molecule has 0 radical (unpaired) electrons. The maximum atomic E-state index is 11.0. The first-order valence-electron chi connectivity index (χ1n) is 4.79. The van der Waals surface area contributed by atoms with Crippen LogP contribution in [0.4, 0.5) is 0 Å². The van der Waals surface area contributed by atoms with E-state index < -0.39 is 0 Å². The molecule has 2 nitrogen and oxygen atoms in total. The zero-order valence-corrected chi connectivity index (χ0v) is 9.12. The van der Waals surface area contributed by atoms with E-state index in [9.17, 15) is 4.79 Å². The third-order valence-corrected chi connectivity index (χ3v) is 1.71. The second-order valence-corrected chi connectivity index (χ2v) is 2.80. The maximum absolute atomic E-state index is 11.0. The number of methoxy groups -OCH3 is 1. The monoisotopic (exact) mass is 194 g/mol. The molecular formula is C12H18O2. The van der Waals surface area contributed by atoms with Gasteiger partial charge in [-0.1, -0.05) is 25.2 Å². The van der Waals surface area contributed by atoms with Crippen LogP contribution in [0.15, 0.2) is 36.1 Å². The third-order valence-electron chi connectivity index (χ3n) is 1.71. The van der Waals surface area contributed by atoms with Crippen molar-refractivity contribution in [1.29, 1.82) is 0 Å². The van der Waals surface area contributed by atoms with E-state index >= 15 is 0 Å². The summed E-state index contributed by atoms with van der Waals surface area (Å²) in [7, 11) is 1.61. The van der Waals surface area contributed by atoms with E-state index in [0.717, 1.165) is 5.76 Å². The van der Waals surface area contributed by atoms with Crippen LogP contribution in [0, 0.1) is 0 Å². The van der Waals surface area contributed by atoms with Crippen molar-refractivity contribution in [2.45, 2.75) is 26.7 Å². The molecule has 0 rings (SSSR count). The standard InChI is InChI=1S/C12H18O2/c1-4-6-9-12(14-3)10-7-8-11(13)5-2/h4,6-7,9-10H,5,8H2,1-3H3/b6-4+,10-7+,12-9+. The lowest BCUT2D eigenvalue weighted by atomic mass is 10.2. The summed E-state index contributed by atoms with van der Waals surface area (Å²) < 4.78 is 5.08. The Bertz CT molecular complexity index is 247. The lowest BCUT2D eigenvalue weighted by molar-refractivity contribution is -0.117. The van der Waals surface area contributed by atoms with Crippen molar-refractivity contribution >= 4 is 5.78 Å². The first-order valence-corrected chi connectivity index (χ1v) is 4.79. The molecule has 78 valence electrons. The molecular weight excluding hydrogens is 176 g/mol. The van der Waals surface area contributed by atoms with Gasteiger partial charge in [0, 0.05) is 12.8 Å². The van der Waals surface area contributed by atoms with Crippen LogP contribution in [0.2, 0.25) is 0 Å². The normalized spacial score (nSPS) is 12.6. The van der Waals surface area contributed by atoms with Crippen LogP contribution in [0.3, 0.4) is 0 Å². The van der Waals surface area contributed by atoms with Gasteiger partial charge in [0.25, 0.3) is 0 Å². The van der Waals surface area contributed by atoms with Gasteiger partial charge in [0.1, 0.15) is 11.5 Å². The molecule has 0 fully saturated rings. The smallest absolute Gasteiger partial charge is 0.136 e. The predicted octanol–water partition coefficient (Wildman–Crippen LogP) is 3.02. The summed E-state index contributed by atoms with van der Waals surface area (Å²) in [5.41, 5.74) is 0. The van der Waals surface area contributed by atoms with E-state index in [-0.39, 0.29) is 5.78 Å². The van der Waals surface area contributed by atoms with E-state index in [1.807, 2.05) is 44.2 Å². The average Bonchev–Trinajstić information content (AvgIpc) is 2.22. The molecule has 0 saturated heterocycles. The lowest BCUT2D eigenvalue weighted by Gasteiger charge is -1.97. The fourth-order valence-electron chi connectivity index (χ4n) is 0.834. The molecule has 0 saturated carbocycles. The Hall–Kier alpha value is -1.31. The highest BCUT2D eigenvalue weighted by molar-refractivity contribution is 5.79. The molecule has 0 aromatic carbocycles. The molecule has 0 aromatic heterocycles. The fraction of sp³-hybridized carbons (Fsp3) is 0.417. The number of Topliss-reactive ketones (excluding diaryl/α,β-unsaturated/α-hetero) is 1. The quantitative estimate of drug-likeness (QED) is 0.480. The Morgan fingerprint density at radius 3 is 2.64 bits per heavy atom. The largest absolute Gasteiger partial charge is 0.497 e. The van der Waals surface area contributed by atoms with Gasteiger partial charge in [-0.05, 0) is 19.1 Å². The van der Waals surface area contributed by atoms with Gasteiger partial charge >= 0.3 is 0 Å². The fourth-order valence-corrected chi connectivity index (χ4v) is 0.834. The van der Waals surface area contributed by atoms with Crippen molar-refractivity contribution in [3.63, 3.8) is 0 Å². The van der Waals surface area contributed by atoms with Crippen molar-refractivity contribution in [2.24, 2.45) is 0 Å². The molecule has 14 heavy (non-hydrogen) atoms. The second-order valence-electron chi connectivity index (χ2n) is 2.80. The van der Waals surface area contributed by atoms with E-state index in [0.29, 0.717) is 12.8 Å². The summed E-state index contributed by atoms with van der Waals surface area (Å²) >= 11 is 0. The second kappa shape index (κ2) is 8.30. The minimum atomic E-state index is 0.239. The first-order chi connectivity index (χ1) is 6.74. The number of hydrogen-bond acceptors (Lipinski definition) is 2. The molecule has 0 atom stereocenters. The average molecular weight is 194 g/mol. The molecule has 0 aliphatic carbocycles. The van der Waals surface area contributed by atoms with Crippen molar-refractivity contribution < 1.29 is 9.53 Å². The van der Waals surface area contributed by atoms with Gasteiger partial charge in [-0.3, -0.25) is 4.79 Å². The van der Waals surface area contributed by atoms with Gasteiger partial charge in [0.05, 0.1) is 7.11 Å². The van der Waals surface area contributed by atoms with Crippen LogP contribution in [-0.2, 0) is 9.53 Å². The van der Waals surface area contributed by atoms with Gasteiger partial charge in [0.15, 0.2) is 0 Å². The molecule has 2 heteroatoms. The summed E-state index contributed by atoms with van der Waals surface area (Å²) in [5, 5.41) is 0. The first kappa shape index (κ1) is 12.7. The molecule has 0 bridgehead atoms. The summed E-state index contributed by atoms with van der Waals surface area (Å²) in [6.07, 6.45) is 10.4. The summed E-state index contributed by atoms with van der Waals surface area (Å²) in [6, 6.07) is 0. The highest BCUT2D eigenvalue weighted by Crippen LogP contribution is 2.00. The molecule has 0 N–H and O–H groups in total. The SMILES string of the molecule is C/C=C/C=C(\C=C\CC(=O)CC)OC. The van der Waals surface area contributed by atoms with Gasteiger partial charge in [-0.2, -0.15) is 0 Å². The summed E-state index contributed by atoms with van der Waals surface area (Å²) in [4.78, 5) is 11.0. The third kappa shape index (κ3) is 6.23. The van der Waals surface area contributed by atoms with Gasteiger partial charge in [0.2, 0.25) is 0 Å². The molecule has 0 amide bonds. The van der Waals surface area contributed by atoms with Crippen LogP contribution < -0.4 is 0 Å². The number of carbonyl (C=O) groups is 1. The Morgan fingerprint density at radius 1 is 1.43 bits per heavy atom. The molecule has 0 spiro atoms. The van der Waals surface area contributed by atoms with E-state index in [1.165, 1.54) is 0 Å². The highest BCUT2D eigenvalue weighted by Gasteiger charge is 1.93. The molecule has 0 aliphatic heterocycles. The maximum Gasteiger partial charge on any atom is 0.136 e. The van der Waals surface area contributed by atoms with Crippen LogP contribution in [-0.4, -0.2) is 12.9 Å². The van der Waals surface area contributed by atoms with E-state index in [1.54, 1.807) is 7.11 Å². The van der Waals surface area contributed by atoms with Gasteiger partial charge in [-0.15, -0.1) is 0 Å². The zero-order valence-electron chi connectivity index (χ0n) is 9.12. The van der Waals surface area contributed by atoms with Crippen molar-refractivity contribution in [3.8, 4) is 0 Å². The summed E-state index contributed by atoms with van der Waals surface area (Å²) in [6.45, 7) is 3.80. The van der Waals surface area contributed by atoms with Crippen LogP contribution in [0.1, 0.15) is 26.7 Å². The number of hydrogen-bond donors (Lipinski definition) is 0. The number of carbonyl (C=O) groups excluding carboxylic acids is 1. The Morgan fingerprint density at radius 2 is 2.14 bits per heavy atom. The minimum Gasteiger partial charge on any atom is -0.497 e. The Balaban J connectivity index is 4.11. The van der Waals surface area contributed by atoms with Crippen LogP contribution in [0.25, 0.3) is 0 Å². The van der Waals surface area contributed by atoms with Crippen LogP contribution >= 0.6 is 0 Å². The van der Waals surface area contributed by atoms with Gasteiger partial charge in [-0.25, -0.2) is 0 Å². The topological polar surface area (TPSA) is 26.3 Å². The molecule has 0 heterocycles. The molecule has 0 unspecified atom stereocenters. The highest BCUT2D eigenvalue weighted by atomic mass is 16.5. The number of rotatable bonds is 6. The van der Waals surface area contributed by atoms with Gasteiger partial charge < -0.3 is 4.74 Å². The number of ether oxygens (including phenoxy) is 1. The lowest BCUT2D eigenvalue weighted by Crippen LogP contribution is -1.91.